The first kappa shape index (κ1) is 12.8. The Bertz CT molecular complexity index is 543. The van der Waals surface area contributed by atoms with Gasteiger partial charge in [0.25, 0.3) is 0 Å². The van der Waals surface area contributed by atoms with Gasteiger partial charge in [-0.3, -0.25) is 0 Å². The van der Waals surface area contributed by atoms with E-state index < -0.39 is 0 Å². The van der Waals surface area contributed by atoms with Crippen molar-refractivity contribution in [2.45, 2.75) is 32.2 Å². The summed E-state index contributed by atoms with van der Waals surface area (Å²) in [5.74, 6) is 1.44. The summed E-state index contributed by atoms with van der Waals surface area (Å²) in [7, 11) is 0. The van der Waals surface area contributed by atoms with Crippen LogP contribution in [0, 0.1) is 0 Å². The maximum atomic E-state index is 5.49. The number of anilines is 2. The van der Waals surface area contributed by atoms with Crippen molar-refractivity contribution in [3.63, 3.8) is 0 Å². The number of rotatable bonds is 4. The van der Waals surface area contributed by atoms with Gasteiger partial charge in [0.05, 0.1) is 0 Å². The Morgan fingerprint density at radius 2 is 2.20 bits per heavy atom. The van der Waals surface area contributed by atoms with Crippen LogP contribution in [0.1, 0.15) is 25.7 Å². The molecule has 0 saturated carbocycles. The summed E-state index contributed by atoms with van der Waals surface area (Å²) in [6.07, 6.45) is 6.46. The predicted molar refractivity (Wildman–Crippen MR) is 74.6 cm³/mol. The predicted octanol–water partition coefficient (Wildman–Crippen LogP) is 1.50. The monoisotopic (exact) mass is 274 g/mol. The molecular formula is C13H18N6O. The number of piperidine rings is 1. The summed E-state index contributed by atoms with van der Waals surface area (Å²) in [4.78, 5) is 10.8. The lowest BCUT2D eigenvalue weighted by molar-refractivity contribution is 0.478. The fraction of sp³-hybridized carbons (Fsp3) is 0.538. The molecule has 106 valence electrons. The second-order valence-electron chi connectivity index (χ2n) is 4.83. The summed E-state index contributed by atoms with van der Waals surface area (Å²) in [5.41, 5.74) is 0. The van der Waals surface area contributed by atoms with Gasteiger partial charge >= 0.3 is 6.01 Å². The fourth-order valence-corrected chi connectivity index (χ4v) is 2.36. The van der Waals surface area contributed by atoms with Crippen LogP contribution in [0.25, 0.3) is 0 Å². The van der Waals surface area contributed by atoms with Crippen molar-refractivity contribution in [3.05, 3.63) is 24.4 Å². The van der Waals surface area contributed by atoms with Gasteiger partial charge in [0, 0.05) is 37.9 Å². The first-order valence-electron chi connectivity index (χ1n) is 6.96. The van der Waals surface area contributed by atoms with Crippen LogP contribution in [-0.2, 0) is 6.42 Å². The van der Waals surface area contributed by atoms with Crippen LogP contribution < -0.4 is 10.2 Å². The highest BCUT2D eigenvalue weighted by Crippen LogP contribution is 2.18. The number of hydrogen-bond acceptors (Lipinski definition) is 7. The van der Waals surface area contributed by atoms with Gasteiger partial charge < -0.3 is 14.6 Å². The third kappa shape index (κ3) is 2.87. The maximum Gasteiger partial charge on any atom is 0.315 e. The van der Waals surface area contributed by atoms with Crippen molar-refractivity contribution in [2.24, 2.45) is 0 Å². The highest BCUT2D eigenvalue weighted by molar-refractivity contribution is 5.32. The van der Waals surface area contributed by atoms with Crippen LogP contribution >= 0.6 is 0 Å². The van der Waals surface area contributed by atoms with Gasteiger partial charge in [-0.1, -0.05) is 12.0 Å². The molecule has 1 atom stereocenters. The zero-order valence-electron chi connectivity index (χ0n) is 11.5. The Morgan fingerprint density at radius 3 is 2.95 bits per heavy atom. The standard InChI is InChI=1S/C13H18N6O/c1-2-11-17-18-13(20-11)16-10-5-3-8-19(9-10)12-14-6-4-7-15-12/h4,6-7,10H,2-3,5,8-9H2,1H3,(H,16,18). The minimum atomic E-state index is 0.276. The third-order valence-electron chi connectivity index (χ3n) is 3.35. The molecule has 2 aromatic rings. The molecule has 0 aliphatic carbocycles. The van der Waals surface area contributed by atoms with Crippen LogP contribution in [0.15, 0.2) is 22.9 Å². The van der Waals surface area contributed by atoms with E-state index in [2.05, 4.69) is 30.4 Å². The highest BCUT2D eigenvalue weighted by Gasteiger charge is 2.22. The minimum Gasteiger partial charge on any atom is -0.408 e. The third-order valence-corrected chi connectivity index (χ3v) is 3.35. The molecule has 7 nitrogen and oxygen atoms in total. The molecular weight excluding hydrogens is 256 g/mol. The van der Waals surface area contributed by atoms with Gasteiger partial charge in [0.2, 0.25) is 11.8 Å². The number of hydrogen-bond donors (Lipinski definition) is 1. The van der Waals surface area contributed by atoms with Gasteiger partial charge in [0.15, 0.2) is 0 Å². The first-order chi connectivity index (χ1) is 9.85. The molecule has 3 heterocycles. The molecule has 3 rings (SSSR count). The van der Waals surface area contributed by atoms with Gasteiger partial charge in [0.1, 0.15) is 0 Å². The number of aromatic nitrogens is 4. The average Bonchev–Trinajstić information content (AvgIpc) is 2.96. The summed E-state index contributed by atoms with van der Waals surface area (Å²) in [6, 6.07) is 2.61. The van der Waals surface area contributed by atoms with Gasteiger partial charge in [-0.05, 0) is 18.9 Å². The molecule has 20 heavy (non-hydrogen) atoms. The molecule has 1 unspecified atom stereocenters. The summed E-state index contributed by atoms with van der Waals surface area (Å²) < 4.78 is 5.49. The molecule has 2 aromatic heterocycles. The number of nitrogens with one attached hydrogen (secondary N) is 1. The molecule has 0 spiro atoms. The SMILES string of the molecule is CCc1nnc(NC2CCCN(c3ncccn3)C2)o1. The van der Waals surface area contributed by atoms with Gasteiger partial charge in [-0.15, -0.1) is 5.10 Å². The molecule has 0 radical (unpaired) electrons. The number of nitrogens with zero attached hydrogens (tertiary/aromatic N) is 5. The van der Waals surface area contributed by atoms with Crippen LogP contribution in [-0.4, -0.2) is 39.3 Å². The van der Waals surface area contributed by atoms with E-state index in [1.165, 1.54) is 0 Å². The van der Waals surface area contributed by atoms with Gasteiger partial charge in [-0.25, -0.2) is 9.97 Å². The Balaban J connectivity index is 1.63. The topological polar surface area (TPSA) is 80.0 Å². The van der Waals surface area contributed by atoms with Crippen molar-refractivity contribution >= 4 is 12.0 Å². The second-order valence-corrected chi connectivity index (χ2v) is 4.83. The zero-order chi connectivity index (χ0) is 13.8. The molecule has 0 amide bonds. The van der Waals surface area contributed by atoms with Gasteiger partial charge in [-0.2, -0.15) is 0 Å². The number of aryl methyl sites for hydroxylation is 1. The molecule has 1 aliphatic heterocycles. The van der Waals surface area contributed by atoms with Crippen molar-refractivity contribution in [1.29, 1.82) is 0 Å². The normalized spacial score (nSPS) is 19.1. The minimum absolute atomic E-state index is 0.276. The maximum absolute atomic E-state index is 5.49. The molecule has 1 aliphatic rings. The molecule has 1 N–H and O–H groups in total. The second kappa shape index (κ2) is 5.85. The lowest BCUT2D eigenvalue weighted by Crippen LogP contribution is -2.43. The van der Waals surface area contributed by atoms with Crippen molar-refractivity contribution in [3.8, 4) is 0 Å². The van der Waals surface area contributed by atoms with E-state index in [-0.39, 0.29) is 6.04 Å². The Morgan fingerprint density at radius 1 is 1.35 bits per heavy atom. The Hall–Kier alpha value is -2.18. The largest absolute Gasteiger partial charge is 0.408 e. The summed E-state index contributed by atoms with van der Waals surface area (Å²) in [6.45, 7) is 3.81. The van der Waals surface area contributed by atoms with E-state index in [1.807, 2.05) is 13.0 Å². The lowest BCUT2D eigenvalue weighted by Gasteiger charge is -2.32. The van der Waals surface area contributed by atoms with E-state index in [0.29, 0.717) is 11.9 Å². The van der Waals surface area contributed by atoms with Crippen molar-refractivity contribution in [2.75, 3.05) is 23.3 Å². The molecule has 1 fully saturated rings. The molecule has 0 bridgehead atoms. The summed E-state index contributed by atoms with van der Waals surface area (Å²) >= 11 is 0. The van der Waals surface area contributed by atoms with E-state index >= 15 is 0 Å². The van der Waals surface area contributed by atoms with E-state index in [0.717, 1.165) is 38.3 Å². The zero-order valence-corrected chi connectivity index (χ0v) is 11.5. The van der Waals surface area contributed by atoms with Crippen LogP contribution in [0.4, 0.5) is 12.0 Å². The van der Waals surface area contributed by atoms with Crippen LogP contribution in [0.3, 0.4) is 0 Å². The average molecular weight is 274 g/mol. The summed E-state index contributed by atoms with van der Waals surface area (Å²) in [5, 5.41) is 11.3. The van der Waals surface area contributed by atoms with E-state index in [1.54, 1.807) is 12.4 Å². The quantitative estimate of drug-likeness (QED) is 0.905. The molecule has 7 heteroatoms. The Kier molecular flexibility index (Phi) is 3.76. The fourth-order valence-electron chi connectivity index (χ4n) is 2.36. The van der Waals surface area contributed by atoms with Crippen LogP contribution in [0.2, 0.25) is 0 Å². The smallest absolute Gasteiger partial charge is 0.315 e. The van der Waals surface area contributed by atoms with E-state index in [9.17, 15) is 0 Å². The Labute approximate surface area is 117 Å². The molecule has 1 saturated heterocycles. The molecule has 0 aromatic carbocycles. The highest BCUT2D eigenvalue weighted by atomic mass is 16.4. The van der Waals surface area contributed by atoms with Crippen molar-refractivity contribution < 1.29 is 4.42 Å². The van der Waals surface area contributed by atoms with E-state index in [4.69, 9.17) is 4.42 Å². The lowest BCUT2D eigenvalue weighted by atomic mass is 10.1. The van der Waals surface area contributed by atoms with Crippen LogP contribution in [0.5, 0.6) is 0 Å². The first-order valence-corrected chi connectivity index (χ1v) is 6.96. The van der Waals surface area contributed by atoms with Crippen molar-refractivity contribution in [1.82, 2.24) is 20.2 Å².